The zero-order valence-corrected chi connectivity index (χ0v) is 16.3. The van der Waals surface area contributed by atoms with Crippen molar-refractivity contribution in [3.05, 3.63) is 94.0 Å². The molecule has 1 aliphatic rings. The summed E-state index contributed by atoms with van der Waals surface area (Å²) in [5.74, 6) is -9.96. The molecule has 0 spiro atoms. The van der Waals surface area contributed by atoms with Crippen molar-refractivity contribution in [3.8, 4) is 17.2 Å². The third kappa shape index (κ3) is 3.77. The lowest BCUT2D eigenvalue weighted by molar-refractivity contribution is 0.101. The number of methoxy groups -OCH3 is 1. The van der Waals surface area contributed by atoms with Crippen molar-refractivity contribution in [2.24, 2.45) is 0 Å². The number of benzene rings is 3. The van der Waals surface area contributed by atoms with Gasteiger partial charge in [-0.05, 0) is 35.9 Å². The molecule has 0 fully saturated rings. The second kappa shape index (κ2) is 8.33. The highest BCUT2D eigenvalue weighted by molar-refractivity contribution is 6.14. The standard InChI is InChI=1S/C23H13F5O4/c1-30-12-4-2-3-11(7-12)8-17-23(29)14-6-5-13(9-16(14)32-17)31-10-15-18(24)20(26)22(28)21(27)19(15)25/h2-9H,10H2,1H3. The molecular formula is C23H13F5O4. The minimum Gasteiger partial charge on any atom is -0.497 e. The maximum absolute atomic E-state index is 13.8. The minimum absolute atomic E-state index is 0.00289. The van der Waals surface area contributed by atoms with E-state index in [0.717, 1.165) is 0 Å². The van der Waals surface area contributed by atoms with Crippen LogP contribution in [0.4, 0.5) is 22.0 Å². The van der Waals surface area contributed by atoms with Crippen LogP contribution in [0, 0.1) is 29.1 Å². The van der Waals surface area contributed by atoms with Gasteiger partial charge in [-0.1, -0.05) is 12.1 Å². The molecule has 0 aliphatic carbocycles. The number of hydrogen-bond donors (Lipinski definition) is 0. The van der Waals surface area contributed by atoms with E-state index in [1.54, 1.807) is 24.3 Å². The number of fused-ring (bicyclic) bond motifs is 1. The van der Waals surface area contributed by atoms with Crippen molar-refractivity contribution in [2.45, 2.75) is 6.61 Å². The summed E-state index contributed by atoms with van der Waals surface area (Å²) in [7, 11) is 1.51. The van der Waals surface area contributed by atoms with Crippen molar-refractivity contribution in [3.63, 3.8) is 0 Å². The maximum Gasteiger partial charge on any atom is 0.231 e. The SMILES string of the molecule is COc1cccc(C=C2Oc3cc(OCc4c(F)c(F)c(F)c(F)c4F)ccc3C2=O)c1. The van der Waals surface area contributed by atoms with Crippen molar-refractivity contribution in [1.29, 1.82) is 0 Å². The normalized spacial score (nSPS) is 13.8. The molecule has 4 rings (SSSR count). The topological polar surface area (TPSA) is 44.8 Å². The van der Waals surface area contributed by atoms with Gasteiger partial charge >= 0.3 is 0 Å². The Hall–Kier alpha value is -3.88. The lowest BCUT2D eigenvalue weighted by Gasteiger charge is -2.10. The first kappa shape index (κ1) is 21.4. The third-order valence-corrected chi connectivity index (χ3v) is 4.72. The Morgan fingerprint density at radius 1 is 0.875 bits per heavy atom. The fourth-order valence-electron chi connectivity index (χ4n) is 3.07. The number of ketones is 1. The van der Waals surface area contributed by atoms with Gasteiger partial charge in [-0.3, -0.25) is 4.79 Å². The number of halogens is 5. The first-order chi connectivity index (χ1) is 15.3. The summed E-state index contributed by atoms with van der Waals surface area (Å²) >= 11 is 0. The molecule has 9 heteroatoms. The van der Waals surface area contributed by atoms with Crippen molar-refractivity contribution >= 4 is 11.9 Å². The van der Waals surface area contributed by atoms with E-state index >= 15 is 0 Å². The summed E-state index contributed by atoms with van der Waals surface area (Å²) in [5.41, 5.74) is -0.233. The van der Waals surface area contributed by atoms with Crippen LogP contribution >= 0.6 is 0 Å². The van der Waals surface area contributed by atoms with Gasteiger partial charge in [-0.2, -0.15) is 0 Å². The van der Waals surface area contributed by atoms with E-state index in [0.29, 0.717) is 11.3 Å². The number of rotatable bonds is 5. The van der Waals surface area contributed by atoms with E-state index in [4.69, 9.17) is 14.2 Å². The fourth-order valence-corrected chi connectivity index (χ4v) is 3.07. The van der Waals surface area contributed by atoms with Crippen LogP contribution in [0.15, 0.2) is 48.2 Å². The number of hydrogen-bond acceptors (Lipinski definition) is 4. The van der Waals surface area contributed by atoms with Crippen LogP contribution in [0.2, 0.25) is 0 Å². The van der Waals surface area contributed by atoms with E-state index in [1.165, 1.54) is 31.4 Å². The second-order valence-electron chi connectivity index (χ2n) is 6.71. The first-order valence-electron chi connectivity index (χ1n) is 9.15. The van der Waals surface area contributed by atoms with E-state index in [1.807, 2.05) is 0 Å². The highest BCUT2D eigenvalue weighted by Gasteiger charge is 2.29. The van der Waals surface area contributed by atoms with Crippen LogP contribution in [0.5, 0.6) is 17.2 Å². The Balaban J connectivity index is 1.55. The van der Waals surface area contributed by atoms with E-state index < -0.39 is 47.0 Å². The molecule has 0 saturated carbocycles. The van der Waals surface area contributed by atoms with E-state index in [-0.39, 0.29) is 22.8 Å². The summed E-state index contributed by atoms with van der Waals surface area (Å²) in [4.78, 5) is 12.6. The molecular weight excluding hydrogens is 435 g/mol. The Morgan fingerprint density at radius 2 is 1.56 bits per heavy atom. The molecule has 0 saturated heterocycles. The van der Waals surface area contributed by atoms with Crippen molar-refractivity contribution in [1.82, 2.24) is 0 Å². The average Bonchev–Trinajstić information content (AvgIpc) is 3.11. The Labute approximate surface area is 178 Å². The molecule has 32 heavy (non-hydrogen) atoms. The Morgan fingerprint density at radius 3 is 2.25 bits per heavy atom. The van der Waals surface area contributed by atoms with Crippen LogP contribution in [-0.4, -0.2) is 12.9 Å². The largest absolute Gasteiger partial charge is 0.497 e. The van der Waals surface area contributed by atoms with Crippen LogP contribution < -0.4 is 14.2 Å². The maximum atomic E-state index is 13.8. The summed E-state index contributed by atoms with van der Waals surface area (Å²) in [6.07, 6.45) is 1.51. The van der Waals surface area contributed by atoms with Gasteiger partial charge in [-0.25, -0.2) is 22.0 Å². The summed E-state index contributed by atoms with van der Waals surface area (Å²) in [5, 5.41) is 0. The molecule has 0 radical (unpaired) electrons. The molecule has 0 unspecified atom stereocenters. The molecule has 1 heterocycles. The van der Waals surface area contributed by atoms with Gasteiger partial charge in [0.1, 0.15) is 23.9 Å². The molecule has 1 aliphatic heterocycles. The Kier molecular flexibility index (Phi) is 5.56. The fraction of sp³-hybridized carbons (Fsp3) is 0.0870. The number of ether oxygens (including phenoxy) is 3. The molecule has 3 aromatic carbocycles. The van der Waals surface area contributed by atoms with Gasteiger partial charge in [0.25, 0.3) is 0 Å². The molecule has 0 amide bonds. The predicted molar refractivity (Wildman–Crippen MR) is 103 cm³/mol. The molecule has 164 valence electrons. The second-order valence-corrected chi connectivity index (χ2v) is 6.71. The van der Waals surface area contributed by atoms with Gasteiger partial charge in [0.15, 0.2) is 29.0 Å². The van der Waals surface area contributed by atoms with Gasteiger partial charge in [0.05, 0.1) is 18.2 Å². The molecule has 0 bridgehead atoms. The average molecular weight is 448 g/mol. The van der Waals surface area contributed by atoms with E-state index in [9.17, 15) is 26.7 Å². The van der Waals surface area contributed by atoms with Crippen LogP contribution in [0.25, 0.3) is 6.08 Å². The lowest BCUT2D eigenvalue weighted by Crippen LogP contribution is -2.09. The third-order valence-electron chi connectivity index (χ3n) is 4.72. The number of Topliss-reactive ketones (excluding diaryl/α,β-unsaturated/α-hetero) is 1. The van der Waals surface area contributed by atoms with Crippen LogP contribution in [0.3, 0.4) is 0 Å². The summed E-state index contributed by atoms with van der Waals surface area (Å²) in [6, 6.07) is 10.9. The Bertz CT molecular complexity index is 1240. The van der Waals surface area contributed by atoms with Crippen molar-refractivity contribution < 1.29 is 41.0 Å². The zero-order chi connectivity index (χ0) is 23.0. The molecule has 0 N–H and O–H groups in total. The van der Waals surface area contributed by atoms with Crippen molar-refractivity contribution in [2.75, 3.05) is 7.11 Å². The first-order valence-corrected chi connectivity index (χ1v) is 9.15. The van der Waals surface area contributed by atoms with Gasteiger partial charge < -0.3 is 14.2 Å². The zero-order valence-electron chi connectivity index (χ0n) is 16.3. The van der Waals surface area contributed by atoms with Gasteiger partial charge in [0, 0.05) is 6.07 Å². The van der Waals surface area contributed by atoms with E-state index in [2.05, 4.69) is 0 Å². The number of carbonyl (C=O) groups is 1. The summed E-state index contributed by atoms with van der Waals surface area (Å²) < 4.78 is 83.3. The predicted octanol–water partition coefficient (Wildman–Crippen LogP) is 5.59. The van der Waals surface area contributed by atoms with Crippen LogP contribution in [-0.2, 0) is 6.61 Å². The monoisotopic (exact) mass is 448 g/mol. The number of allylic oxidation sites excluding steroid dienone is 1. The quantitative estimate of drug-likeness (QED) is 0.221. The van der Waals surface area contributed by atoms with Gasteiger partial charge in [0.2, 0.25) is 11.6 Å². The van der Waals surface area contributed by atoms with Crippen LogP contribution in [0.1, 0.15) is 21.5 Å². The lowest BCUT2D eigenvalue weighted by atomic mass is 10.1. The molecule has 3 aromatic rings. The highest BCUT2D eigenvalue weighted by Crippen LogP contribution is 2.35. The summed E-state index contributed by atoms with van der Waals surface area (Å²) in [6.45, 7) is -0.926. The smallest absolute Gasteiger partial charge is 0.231 e. The molecule has 0 aromatic heterocycles. The minimum atomic E-state index is -2.25. The van der Waals surface area contributed by atoms with Gasteiger partial charge in [-0.15, -0.1) is 0 Å². The molecule has 4 nitrogen and oxygen atoms in total. The highest BCUT2D eigenvalue weighted by atomic mass is 19.2. The number of carbonyl (C=O) groups excluding carboxylic acids is 1. The molecule has 0 atom stereocenters.